The van der Waals surface area contributed by atoms with Crippen molar-refractivity contribution in [2.75, 3.05) is 0 Å². The van der Waals surface area contributed by atoms with Crippen LogP contribution in [0.25, 0.3) is 6.08 Å². The van der Waals surface area contributed by atoms with Crippen molar-refractivity contribution in [3.63, 3.8) is 0 Å². The van der Waals surface area contributed by atoms with Crippen molar-refractivity contribution >= 4 is 74.7 Å². The molecule has 0 N–H and O–H groups in total. The van der Waals surface area contributed by atoms with Crippen LogP contribution in [0.15, 0.2) is 71.4 Å². The van der Waals surface area contributed by atoms with Gasteiger partial charge >= 0.3 is 5.97 Å². The second-order valence-corrected chi connectivity index (χ2v) is 9.63. The van der Waals surface area contributed by atoms with E-state index in [1.807, 2.05) is 24.3 Å². The molecule has 0 atom stereocenters. The molecule has 1 aliphatic heterocycles. The zero-order valence-electron chi connectivity index (χ0n) is 16.4. The number of esters is 1. The molecule has 3 aromatic rings. The molecule has 4 rings (SSSR count). The average molecular weight is 656 g/mol. The zero-order chi connectivity index (χ0) is 22.0. The molecule has 156 valence electrons. The van der Waals surface area contributed by atoms with Gasteiger partial charge in [0.2, 0.25) is 5.90 Å². The van der Waals surface area contributed by atoms with Gasteiger partial charge in [-0.1, -0.05) is 35.9 Å². The van der Waals surface area contributed by atoms with Crippen LogP contribution in [0.5, 0.6) is 5.75 Å². The monoisotopic (exact) mass is 655 g/mol. The molecule has 0 unspecified atom stereocenters. The molecule has 0 fully saturated rings. The molecule has 0 amide bonds. The first-order chi connectivity index (χ1) is 14.9. The molecule has 1 aliphatic rings. The Hall–Kier alpha value is -1.91. The van der Waals surface area contributed by atoms with Crippen LogP contribution < -0.4 is 4.74 Å². The van der Waals surface area contributed by atoms with Gasteiger partial charge in [0.25, 0.3) is 0 Å². The summed E-state index contributed by atoms with van der Waals surface area (Å²) >= 11 is 10.4. The average Bonchev–Trinajstić information content (AvgIpc) is 3.09. The predicted octanol–water partition coefficient (Wildman–Crippen LogP) is 6.78. The lowest BCUT2D eigenvalue weighted by Gasteiger charge is -2.13. The largest absolute Gasteiger partial charge is 0.487 e. The first kappa shape index (κ1) is 22.3. The van der Waals surface area contributed by atoms with Gasteiger partial charge in [0.05, 0.1) is 7.14 Å². The lowest BCUT2D eigenvalue weighted by atomic mass is 10.1. The molecule has 0 saturated heterocycles. The van der Waals surface area contributed by atoms with Crippen molar-refractivity contribution in [3.05, 3.63) is 101 Å². The Bertz CT molecular complexity index is 1200. The van der Waals surface area contributed by atoms with Crippen molar-refractivity contribution in [3.8, 4) is 5.75 Å². The van der Waals surface area contributed by atoms with E-state index in [-0.39, 0.29) is 11.6 Å². The molecular weight excluding hydrogens is 640 g/mol. The van der Waals surface area contributed by atoms with E-state index in [0.717, 1.165) is 24.0 Å². The van der Waals surface area contributed by atoms with E-state index >= 15 is 0 Å². The minimum atomic E-state index is -0.477. The third kappa shape index (κ3) is 5.30. The number of hydrogen-bond acceptors (Lipinski definition) is 4. The maximum Gasteiger partial charge on any atom is 0.363 e. The van der Waals surface area contributed by atoms with Crippen LogP contribution in [0.2, 0.25) is 5.02 Å². The van der Waals surface area contributed by atoms with Crippen LogP contribution >= 0.6 is 56.8 Å². The lowest BCUT2D eigenvalue weighted by Crippen LogP contribution is -2.05. The fourth-order valence-electron chi connectivity index (χ4n) is 3.01. The molecular formula is C24H16ClI2NO3. The molecule has 0 saturated carbocycles. The van der Waals surface area contributed by atoms with Crippen LogP contribution in [0.1, 0.15) is 22.3 Å². The predicted molar refractivity (Wildman–Crippen MR) is 139 cm³/mol. The highest BCUT2D eigenvalue weighted by Gasteiger charge is 2.24. The van der Waals surface area contributed by atoms with E-state index in [2.05, 4.69) is 69.2 Å². The van der Waals surface area contributed by atoms with Gasteiger partial charge in [-0.15, -0.1) is 0 Å². The fraction of sp³-hybridized carbons (Fsp3) is 0.0833. The van der Waals surface area contributed by atoms with Crippen LogP contribution in [-0.2, 0) is 16.1 Å². The summed E-state index contributed by atoms with van der Waals surface area (Å²) in [4.78, 5) is 16.7. The van der Waals surface area contributed by atoms with E-state index < -0.39 is 5.97 Å². The first-order valence-corrected chi connectivity index (χ1v) is 11.9. The van der Waals surface area contributed by atoms with Crippen molar-refractivity contribution in [2.45, 2.75) is 13.5 Å². The molecule has 0 spiro atoms. The third-order valence-electron chi connectivity index (χ3n) is 4.67. The summed E-state index contributed by atoms with van der Waals surface area (Å²) in [6.45, 7) is 2.57. The Labute approximate surface area is 212 Å². The summed E-state index contributed by atoms with van der Waals surface area (Å²) in [7, 11) is 0. The van der Waals surface area contributed by atoms with Crippen LogP contribution in [0, 0.1) is 14.1 Å². The minimum Gasteiger partial charge on any atom is -0.487 e. The number of carbonyl (C=O) groups excluding carboxylic acids is 1. The number of rotatable bonds is 5. The Balaban J connectivity index is 1.56. The number of cyclic esters (lactones) is 1. The smallest absolute Gasteiger partial charge is 0.363 e. The molecule has 0 aliphatic carbocycles. The number of ether oxygens (including phenoxy) is 2. The quantitative estimate of drug-likeness (QED) is 0.173. The summed E-state index contributed by atoms with van der Waals surface area (Å²) in [5.74, 6) is 0.622. The van der Waals surface area contributed by atoms with Crippen molar-refractivity contribution in [1.82, 2.24) is 0 Å². The zero-order valence-corrected chi connectivity index (χ0v) is 21.4. The third-order valence-corrected chi connectivity index (χ3v) is 6.52. The number of aliphatic imine (C=N–C) groups is 1. The van der Waals surface area contributed by atoms with Gasteiger partial charge in [-0.25, -0.2) is 9.79 Å². The molecule has 0 aromatic heterocycles. The number of hydrogen-bond donors (Lipinski definition) is 0. The molecule has 3 aromatic carbocycles. The second-order valence-electron chi connectivity index (χ2n) is 6.87. The molecule has 0 bridgehead atoms. The lowest BCUT2D eigenvalue weighted by molar-refractivity contribution is -0.129. The Kier molecular flexibility index (Phi) is 6.98. The summed E-state index contributed by atoms with van der Waals surface area (Å²) in [6, 6.07) is 19.1. The highest BCUT2D eigenvalue weighted by molar-refractivity contribution is 14.1. The summed E-state index contributed by atoms with van der Waals surface area (Å²) in [5, 5.41) is 0.610. The van der Waals surface area contributed by atoms with Crippen molar-refractivity contribution < 1.29 is 14.3 Å². The summed E-state index contributed by atoms with van der Waals surface area (Å²) in [5.41, 5.74) is 4.15. The van der Waals surface area contributed by atoms with Crippen molar-refractivity contribution in [1.29, 1.82) is 0 Å². The Morgan fingerprint density at radius 2 is 1.74 bits per heavy atom. The van der Waals surface area contributed by atoms with E-state index in [4.69, 9.17) is 21.1 Å². The maximum atomic E-state index is 12.3. The van der Waals surface area contributed by atoms with Crippen LogP contribution in [0.4, 0.5) is 0 Å². The highest BCUT2D eigenvalue weighted by Crippen LogP contribution is 2.31. The molecule has 0 radical (unpaired) electrons. The second kappa shape index (κ2) is 9.70. The van der Waals surface area contributed by atoms with Gasteiger partial charge in [-0.3, -0.25) is 0 Å². The first-order valence-electron chi connectivity index (χ1n) is 9.35. The Morgan fingerprint density at radius 1 is 1.06 bits per heavy atom. The van der Waals surface area contributed by atoms with E-state index in [1.165, 1.54) is 5.56 Å². The summed E-state index contributed by atoms with van der Waals surface area (Å²) in [6.07, 6.45) is 1.72. The number of carbonyl (C=O) groups is 1. The van der Waals surface area contributed by atoms with E-state index in [9.17, 15) is 4.79 Å². The van der Waals surface area contributed by atoms with Gasteiger partial charge in [0, 0.05) is 10.6 Å². The van der Waals surface area contributed by atoms with Crippen LogP contribution in [-0.4, -0.2) is 11.9 Å². The number of nitrogens with zero attached hydrogens (tertiary/aromatic N) is 1. The molecule has 1 heterocycles. The van der Waals surface area contributed by atoms with Crippen LogP contribution in [0.3, 0.4) is 0 Å². The SMILES string of the molecule is Cc1ccccc1COc1c(I)cc(/C=C2\N=C(c3ccc(Cl)cc3)OC2=O)cc1I. The highest BCUT2D eigenvalue weighted by atomic mass is 127. The van der Waals surface area contributed by atoms with Gasteiger partial charge in [-0.2, -0.15) is 0 Å². The number of halogens is 3. The molecule has 7 heteroatoms. The van der Waals surface area contributed by atoms with Gasteiger partial charge in [-0.05, 0) is 111 Å². The Morgan fingerprint density at radius 3 is 2.42 bits per heavy atom. The minimum absolute atomic E-state index is 0.255. The molecule has 31 heavy (non-hydrogen) atoms. The molecule has 4 nitrogen and oxygen atoms in total. The van der Waals surface area contributed by atoms with E-state index in [1.54, 1.807) is 30.3 Å². The topological polar surface area (TPSA) is 47.9 Å². The normalized spacial score (nSPS) is 14.5. The maximum absolute atomic E-state index is 12.3. The van der Waals surface area contributed by atoms with E-state index in [0.29, 0.717) is 17.2 Å². The summed E-state index contributed by atoms with van der Waals surface area (Å²) < 4.78 is 13.3. The van der Waals surface area contributed by atoms with Crippen molar-refractivity contribution in [2.24, 2.45) is 4.99 Å². The standard InChI is InChI=1S/C24H16ClI2NO3/c1-14-4-2-3-5-17(14)13-30-22-19(26)10-15(11-20(22)27)12-21-24(29)31-23(28-21)16-6-8-18(25)9-7-16/h2-12H,13H2,1H3/b21-12-. The van der Waals surface area contributed by atoms with Gasteiger partial charge < -0.3 is 9.47 Å². The number of aryl methyl sites for hydroxylation is 1. The number of benzene rings is 3. The van der Waals surface area contributed by atoms with Gasteiger partial charge in [0.15, 0.2) is 5.70 Å². The fourth-order valence-corrected chi connectivity index (χ4v) is 5.26. The van der Waals surface area contributed by atoms with Gasteiger partial charge in [0.1, 0.15) is 12.4 Å².